The van der Waals surface area contributed by atoms with E-state index < -0.39 is 5.97 Å². The van der Waals surface area contributed by atoms with Crippen LogP contribution in [0, 0.1) is 0 Å². The van der Waals surface area contributed by atoms with Gasteiger partial charge in [-0.25, -0.2) is 4.79 Å². The Bertz CT molecular complexity index is 552. The summed E-state index contributed by atoms with van der Waals surface area (Å²) in [6.07, 6.45) is 0.319. The highest BCUT2D eigenvalue weighted by molar-refractivity contribution is 6.01. The van der Waals surface area contributed by atoms with Gasteiger partial charge in [0, 0.05) is 38.3 Å². The van der Waals surface area contributed by atoms with Crippen molar-refractivity contribution in [3.63, 3.8) is 0 Å². The summed E-state index contributed by atoms with van der Waals surface area (Å²) in [7, 11) is 0. The molecule has 2 rings (SSSR count). The van der Waals surface area contributed by atoms with Crippen molar-refractivity contribution < 1.29 is 14.7 Å². The fourth-order valence-electron chi connectivity index (χ4n) is 2.58. The molecule has 0 aromatic heterocycles. The summed E-state index contributed by atoms with van der Waals surface area (Å²) in [6, 6.07) is 5.20. The maximum Gasteiger partial charge on any atom is 0.337 e. The molecule has 1 saturated heterocycles. The number of carboxylic acids is 1. The Morgan fingerprint density at radius 1 is 1.18 bits per heavy atom. The molecule has 1 fully saturated rings. The lowest BCUT2D eigenvalue weighted by Gasteiger charge is -2.35. The van der Waals surface area contributed by atoms with Gasteiger partial charge in [-0.2, -0.15) is 0 Å². The number of nitrogens with one attached hydrogen (secondary N) is 1. The highest BCUT2D eigenvalue weighted by Gasteiger charge is 2.19. The van der Waals surface area contributed by atoms with Gasteiger partial charge in [-0.15, -0.1) is 0 Å². The van der Waals surface area contributed by atoms with Gasteiger partial charge in [0.25, 0.3) is 0 Å². The molecule has 1 aliphatic rings. The Hall–Kier alpha value is -2.08. The van der Waals surface area contributed by atoms with E-state index in [2.05, 4.69) is 22.0 Å². The zero-order valence-corrected chi connectivity index (χ0v) is 13.1. The topological polar surface area (TPSA) is 72.9 Å². The summed E-state index contributed by atoms with van der Waals surface area (Å²) in [5.41, 5.74) is 1.38. The summed E-state index contributed by atoms with van der Waals surface area (Å²) in [4.78, 5) is 27.5. The average Bonchev–Trinajstić information content (AvgIpc) is 2.55. The Kier molecular flexibility index (Phi) is 5.38. The molecule has 6 heteroatoms. The number of nitrogens with zero attached hydrogens (tertiary/aromatic N) is 2. The van der Waals surface area contributed by atoms with Crippen LogP contribution in [0.4, 0.5) is 11.4 Å². The lowest BCUT2D eigenvalue weighted by molar-refractivity contribution is -0.115. The molecule has 1 aromatic carbocycles. The van der Waals surface area contributed by atoms with Crippen molar-refractivity contribution in [3.8, 4) is 0 Å². The van der Waals surface area contributed by atoms with Gasteiger partial charge in [0.15, 0.2) is 0 Å². The minimum absolute atomic E-state index is 0.136. The Labute approximate surface area is 130 Å². The first-order valence-electron chi connectivity index (χ1n) is 7.69. The molecule has 120 valence electrons. The first kappa shape index (κ1) is 16.3. The van der Waals surface area contributed by atoms with E-state index in [0.717, 1.165) is 38.4 Å². The van der Waals surface area contributed by atoms with E-state index in [4.69, 9.17) is 0 Å². The summed E-state index contributed by atoms with van der Waals surface area (Å²) < 4.78 is 0. The second-order valence-corrected chi connectivity index (χ2v) is 5.36. The fourth-order valence-corrected chi connectivity index (χ4v) is 2.58. The van der Waals surface area contributed by atoms with Crippen molar-refractivity contribution in [2.45, 2.75) is 20.3 Å². The van der Waals surface area contributed by atoms with Gasteiger partial charge >= 0.3 is 5.97 Å². The van der Waals surface area contributed by atoms with E-state index in [1.165, 1.54) is 0 Å². The van der Waals surface area contributed by atoms with Crippen LogP contribution in [0.5, 0.6) is 0 Å². The molecular weight excluding hydrogens is 282 g/mol. The first-order chi connectivity index (χ1) is 10.5. The van der Waals surface area contributed by atoms with Crippen molar-refractivity contribution >= 4 is 23.3 Å². The molecule has 0 radical (unpaired) electrons. The molecule has 0 saturated carbocycles. The van der Waals surface area contributed by atoms with Crippen molar-refractivity contribution in [2.24, 2.45) is 0 Å². The van der Waals surface area contributed by atoms with Crippen molar-refractivity contribution in [1.82, 2.24) is 4.90 Å². The molecule has 1 heterocycles. The second kappa shape index (κ2) is 7.26. The highest BCUT2D eigenvalue weighted by atomic mass is 16.4. The van der Waals surface area contributed by atoms with E-state index in [0.29, 0.717) is 12.1 Å². The molecule has 2 N–H and O–H groups in total. The van der Waals surface area contributed by atoms with Gasteiger partial charge in [-0.3, -0.25) is 4.79 Å². The minimum Gasteiger partial charge on any atom is -0.478 e. The number of piperazine rings is 1. The molecule has 0 aliphatic carbocycles. The standard InChI is InChI=1S/C16H23N3O3/c1-3-15(20)17-14-6-5-12(11-13(14)16(21)22)19-9-7-18(4-2)8-10-19/h5-6,11H,3-4,7-10H2,1-2H3,(H,17,20)(H,21,22). The molecule has 1 amide bonds. The maximum atomic E-state index is 11.5. The number of amides is 1. The van der Waals surface area contributed by atoms with Crippen LogP contribution in [-0.4, -0.2) is 54.6 Å². The number of hydrogen-bond acceptors (Lipinski definition) is 4. The van der Waals surface area contributed by atoms with Gasteiger partial charge in [-0.1, -0.05) is 13.8 Å². The zero-order valence-electron chi connectivity index (χ0n) is 13.1. The number of carbonyl (C=O) groups is 2. The number of aromatic carboxylic acids is 1. The number of anilines is 2. The van der Waals surface area contributed by atoms with Gasteiger partial charge in [0.05, 0.1) is 11.3 Å². The van der Waals surface area contributed by atoms with Crippen molar-refractivity contribution in [3.05, 3.63) is 23.8 Å². The molecule has 6 nitrogen and oxygen atoms in total. The molecular formula is C16H23N3O3. The lowest BCUT2D eigenvalue weighted by atomic mass is 10.1. The van der Waals surface area contributed by atoms with Crippen LogP contribution >= 0.6 is 0 Å². The number of rotatable bonds is 5. The number of likely N-dealkylation sites (N-methyl/N-ethyl adjacent to an activating group) is 1. The average molecular weight is 305 g/mol. The molecule has 22 heavy (non-hydrogen) atoms. The second-order valence-electron chi connectivity index (χ2n) is 5.36. The largest absolute Gasteiger partial charge is 0.478 e. The van der Waals surface area contributed by atoms with Crippen LogP contribution < -0.4 is 10.2 Å². The zero-order chi connectivity index (χ0) is 16.1. The van der Waals surface area contributed by atoms with Crippen molar-refractivity contribution in [1.29, 1.82) is 0 Å². The Balaban J connectivity index is 2.19. The summed E-state index contributed by atoms with van der Waals surface area (Å²) >= 11 is 0. The van der Waals surface area contributed by atoms with E-state index in [9.17, 15) is 14.7 Å². The van der Waals surface area contributed by atoms with Gasteiger partial charge < -0.3 is 20.2 Å². The Morgan fingerprint density at radius 2 is 1.86 bits per heavy atom. The third kappa shape index (κ3) is 3.76. The SMILES string of the molecule is CCC(=O)Nc1ccc(N2CCN(CC)CC2)cc1C(=O)O. The monoisotopic (exact) mass is 305 g/mol. The molecule has 0 spiro atoms. The lowest BCUT2D eigenvalue weighted by Crippen LogP contribution is -2.46. The van der Waals surface area contributed by atoms with Crippen LogP contribution in [-0.2, 0) is 4.79 Å². The van der Waals surface area contributed by atoms with Crippen LogP contribution in [0.1, 0.15) is 30.6 Å². The number of benzene rings is 1. The number of hydrogen-bond donors (Lipinski definition) is 2. The van der Waals surface area contributed by atoms with Gasteiger partial charge in [0.2, 0.25) is 5.91 Å². The third-order valence-electron chi connectivity index (χ3n) is 4.01. The minimum atomic E-state index is -1.03. The maximum absolute atomic E-state index is 11.5. The van der Waals surface area contributed by atoms with Gasteiger partial charge in [0.1, 0.15) is 0 Å². The smallest absolute Gasteiger partial charge is 0.337 e. The molecule has 0 unspecified atom stereocenters. The summed E-state index contributed by atoms with van der Waals surface area (Å²) in [5, 5.41) is 12.0. The van der Waals surface area contributed by atoms with E-state index in [1.807, 2.05) is 6.07 Å². The summed E-state index contributed by atoms with van der Waals surface area (Å²) in [5.74, 6) is -1.22. The molecule has 1 aromatic rings. The number of carbonyl (C=O) groups excluding carboxylic acids is 1. The van der Waals surface area contributed by atoms with Gasteiger partial charge in [-0.05, 0) is 24.7 Å². The van der Waals surface area contributed by atoms with Crippen LogP contribution in [0.2, 0.25) is 0 Å². The predicted molar refractivity (Wildman–Crippen MR) is 86.6 cm³/mol. The highest BCUT2D eigenvalue weighted by Crippen LogP contribution is 2.24. The van der Waals surface area contributed by atoms with Crippen LogP contribution in [0.3, 0.4) is 0 Å². The molecule has 0 atom stereocenters. The first-order valence-corrected chi connectivity index (χ1v) is 7.69. The fraction of sp³-hybridized carbons (Fsp3) is 0.500. The van der Waals surface area contributed by atoms with Crippen LogP contribution in [0.25, 0.3) is 0 Å². The number of carboxylic acid groups (broad SMARTS) is 1. The molecule has 1 aliphatic heterocycles. The molecule has 0 bridgehead atoms. The predicted octanol–water partition coefficient (Wildman–Crippen LogP) is 1.88. The van der Waals surface area contributed by atoms with E-state index in [1.54, 1.807) is 19.1 Å². The van der Waals surface area contributed by atoms with E-state index in [-0.39, 0.29) is 11.5 Å². The van der Waals surface area contributed by atoms with Crippen LogP contribution in [0.15, 0.2) is 18.2 Å². The van der Waals surface area contributed by atoms with E-state index >= 15 is 0 Å². The third-order valence-corrected chi connectivity index (χ3v) is 4.01. The Morgan fingerprint density at radius 3 is 2.41 bits per heavy atom. The quantitative estimate of drug-likeness (QED) is 0.869. The van der Waals surface area contributed by atoms with Crippen molar-refractivity contribution in [2.75, 3.05) is 42.9 Å². The summed E-state index contributed by atoms with van der Waals surface area (Å²) in [6.45, 7) is 8.64. The normalized spacial score (nSPS) is 15.6.